The summed E-state index contributed by atoms with van der Waals surface area (Å²) in [6.07, 6.45) is 0. The fourth-order valence-electron chi connectivity index (χ4n) is 4.18. The number of carbonyl (C=O) groups is 2. The van der Waals surface area contributed by atoms with Crippen LogP contribution < -0.4 is 14.7 Å². The number of ether oxygens (including phenoxy) is 1. The summed E-state index contributed by atoms with van der Waals surface area (Å²) >= 11 is 12.4. The number of hydrogen-bond acceptors (Lipinski definition) is 4. The molecule has 6 nitrogen and oxygen atoms in total. The molecule has 8 heteroatoms. The Morgan fingerprint density at radius 2 is 1.79 bits per heavy atom. The topological polar surface area (TPSA) is 74.1 Å². The van der Waals surface area contributed by atoms with Crippen molar-refractivity contribution in [2.45, 2.75) is 26.8 Å². The van der Waals surface area contributed by atoms with Crippen LogP contribution in [-0.4, -0.2) is 49.9 Å². The first-order valence-corrected chi connectivity index (χ1v) is 11.7. The van der Waals surface area contributed by atoms with Gasteiger partial charge in [0.1, 0.15) is 5.75 Å². The van der Waals surface area contributed by atoms with Gasteiger partial charge in [0.2, 0.25) is 5.78 Å². The maximum Gasteiger partial charge on any atom is 0.295 e. The maximum atomic E-state index is 13.6. The minimum absolute atomic E-state index is 0.0683. The Labute approximate surface area is 204 Å². The van der Waals surface area contributed by atoms with E-state index in [1.807, 2.05) is 0 Å². The molecule has 0 spiro atoms. The van der Waals surface area contributed by atoms with Gasteiger partial charge in [-0.25, -0.2) is 0 Å². The fraction of sp³-hybridized carbons (Fsp3) is 0.360. The van der Waals surface area contributed by atoms with Crippen molar-refractivity contribution in [1.82, 2.24) is 4.90 Å². The van der Waals surface area contributed by atoms with Gasteiger partial charge in [0.25, 0.3) is 5.91 Å². The first-order valence-electron chi connectivity index (χ1n) is 10.9. The number of hydrogen-bond donors (Lipinski definition) is 1. The lowest BCUT2D eigenvalue weighted by Gasteiger charge is -2.29. The zero-order valence-corrected chi connectivity index (χ0v) is 20.7. The number of ketones is 1. The molecule has 1 amide bonds. The smallest absolute Gasteiger partial charge is 0.295 e. The first-order chi connectivity index (χ1) is 15.7. The van der Waals surface area contributed by atoms with Crippen molar-refractivity contribution in [1.29, 1.82) is 0 Å². The minimum Gasteiger partial charge on any atom is -0.872 e. The Bertz CT molecular complexity index is 1100. The minimum atomic E-state index is -0.830. The number of Topliss-reactive ketones (excluding diaryl/α,β-unsaturated/α-hetero) is 1. The van der Waals surface area contributed by atoms with Gasteiger partial charge >= 0.3 is 0 Å². The molecule has 2 aromatic rings. The second-order valence-corrected chi connectivity index (χ2v) is 8.85. The predicted octanol–water partition coefficient (Wildman–Crippen LogP) is 2.46. The number of rotatable bonds is 8. The number of nitrogens with zero attached hydrogens (tertiary/aromatic N) is 1. The van der Waals surface area contributed by atoms with E-state index in [1.165, 1.54) is 9.80 Å². The lowest BCUT2D eigenvalue weighted by atomic mass is 9.94. The van der Waals surface area contributed by atoms with E-state index in [2.05, 4.69) is 13.8 Å². The van der Waals surface area contributed by atoms with Crippen LogP contribution in [0.15, 0.2) is 42.0 Å². The van der Waals surface area contributed by atoms with Crippen molar-refractivity contribution in [3.63, 3.8) is 0 Å². The molecule has 1 atom stereocenters. The van der Waals surface area contributed by atoms with Crippen LogP contribution in [0.5, 0.6) is 5.75 Å². The van der Waals surface area contributed by atoms with E-state index in [0.717, 1.165) is 13.1 Å². The Morgan fingerprint density at radius 1 is 1.09 bits per heavy atom. The van der Waals surface area contributed by atoms with E-state index >= 15 is 0 Å². The number of nitrogens with one attached hydrogen (secondary N) is 1. The maximum absolute atomic E-state index is 13.6. The van der Waals surface area contributed by atoms with Crippen molar-refractivity contribution in [2.24, 2.45) is 0 Å². The summed E-state index contributed by atoms with van der Waals surface area (Å²) in [7, 11) is 1.54. The second-order valence-electron chi connectivity index (χ2n) is 8.03. The molecule has 1 saturated heterocycles. The van der Waals surface area contributed by atoms with Crippen molar-refractivity contribution < 1.29 is 24.3 Å². The van der Waals surface area contributed by atoms with Gasteiger partial charge in [-0.1, -0.05) is 41.1 Å². The Kier molecular flexibility index (Phi) is 8.05. The van der Waals surface area contributed by atoms with Gasteiger partial charge in [0, 0.05) is 5.57 Å². The molecule has 0 bridgehead atoms. The summed E-state index contributed by atoms with van der Waals surface area (Å²) in [5.41, 5.74) is 1.52. The van der Waals surface area contributed by atoms with E-state index < -0.39 is 23.5 Å². The van der Waals surface area contributed by atoms with E-state index in [0.29, 0.717) is 45.6 Å². The van der Waals surface area contributed by atoms with Crippen LogP contribution >= 0.6 is 23.2 Å². The molecule has 1 aliphatic rings. The summed E-state index contributed by atoms with van der Waals surface area (Å²) in [6.45, 7) is 8.69. The molecule has 3 rings (SSSR count). The third kappa shape index (κ3) is 5.03. The van der Waals surface area contributed by atoms with Crippen molar-refractivity contribution >= 4 is 40.7 Å². The van der Waals surface area contributed by atoms with Crippen LogP contribution in [0.1, 0.15) is 36.6 Å². The number of halogens is 2. The van der Waals surface area contributed by atoms with Crippen LogP contribution in [0.25, 0.3) is 5.76 Å². The van der Waals surface area contributed by atoms with E-state index in [1.54, 1.807) is 50.4 Å². The number of methoxy groups -OCH3 is 1. The molecule has 1 N–H and O–H groups in total. The molecule has 1 aliphatic heterocycles. The second kappa shape index (κ2) is 10.6. The zero-order valence-electron chi connectivity index (χ0n) is 19.2. The largest absolute Gasteiger partial charge is 0.872 e. The van der Waals surface area contributed by atoms with E-state index in [9.17, 15) is 14.7 Å². The number of quaternary nitrogens is 1. The number of aryl methyl sites for hydroxylation is 1. The van der Waals surface area contributed by atoms with Gasteiger partial charge in [-0.15, -0.1) is 0 Å². The number of carbonyl (C=O) groups excluding carboxylic acids is 2. The molecule has 2 aromatic carbocycles. The number of likely N-dealkylation sites (N-methyl/N-ethyl adjacent to an activating group) is 1. The normalized spacial score (nSPS) is 17.8. The van der Waals surface area contributed by atoms with Crippen LogP contribution in [0.2, 0.25) is 10.0 Å². The lowest BCUT2D eigenvalue weighted by molar-refractivity contribution is -0.895. The van der Waals surface area contributed by atoms with Gasteiger partial charge in [-0.3, -0.25) is 9.59 Å². The summed E-state index contributed by atoms with van der Waals surface area (Å²) in [5.74, 6) is -1.32. The van der Waals surface area contributed by atoms with Crippen molar-refractivity contribution in [3.05, 3.63) is 68.7 Å². The van der Waals surface area contributed by atoms with Gasteiger partial charge in [-0.2, -0.15) is 0 Å². The summed E-state index contributed by atoms with van der Waals surface area (Å²) in [4.78, 5) is 29.0. The highest BCUT2D eigenvalue weighted by atomic mass is 35.5. The lowest BCUT2D eigenvalue weighted by Crippen LogP contribution is -3.12. The van der Waals surface area contributed by atoms with Crippen LogP contribution in [0, 0.1) is 6.92 Å². The monoisotopic (exact) mass is 490 g/mol. The SMILES string of the molecule is CC[NH+](CC)CCN1C(=O)C(=O)C(=C([O-])c2ccc(OC)cc2C)C1c1ccc(Cl)c(Cl)c1. The molecule has 33 heavy (non-hydrogen) atoms. The highest BCUT2D eigenvalue weighted by Gasteiger charge is 2.44. The summed E-state index contributed by atoms with van der Waals surface area (Å²) < 4.78 is 5.22. The van der Waals surface area contributed by atoms with Crippen LogP contribution in [0.3, 0.4) is 0 Å². The van der Waals surface area contributed by atoms with E-state index in [4.69, 9.17) is 27.9 Å². The third-order valence-electron chi connectivity index (χ3n) is 6.17. The van der Waals surface area contributed by atoms with Gasteiger partial charge in [0.05, 0.1) is 49.4 Å². The van der Waals surface area contributed by atoms with Gasteiger partial charge in [-0.05, 0) is 61.7 Å². The zero-order chi connectivity index (χ0) is 24.3. The number of benzene rings is 2. The number of amides is 1. The third-order valence-corrected chi connectivity index (χ3v) is 6.91. The molecule has 1 heterocycles. The Balaban J connectivity index is 2.15. The molecule has 0 aromatic heterocycles. The van der Waals surface area contributed by atoms with Crippen molar-refractivity contribution in [2.75, 3.05) is 33.3 Å². The van der Waals surface area contributed by atoms with E-state index in [-0.39, 0.29) is 5.57 Å². The average molecular weight is 491 g/mol. The molecule has 0 saturated carbocycles. The highest BCUT2D eigenvalue weighted by Crippen LogP contribution is 2.40. The fourth-order valence-corrected chi connectivity index (χ4v) is 4.48. The molecule has 1 unspecified atom stereocenters. The first kappa shape index (κ1) is 25.1. The molecular weight excluding hydrogens is 463 g/mol. The van der Waals surface area contributed by atoms with Crippen molar-refractivity contribution in [3.8, 4) is 5.75 Å². The molecule has 1 fully saturated rings. The van der Waals surface area contributed by atoms with Crippen LogP contribution in [-0.2, 0) is 9.59 Å². The van der Waals surface area contributed by atoms with Crippen LogP contribution in [0.4, 0.5) is 0 Å². The van der Waals surface area contributed by atoms with Gasteiger partial charge < -0.3 is 19.6 Å². The molecule has 0 aliphatic carbocycles. The standard InChI is InChI=1S/C25H28Cl2N2O4/c1-5-28(6-2)11-12-29-22(16-7-10-19(26)20(27)14-16)21(24(31)25(29)32)23(30)18-9-8-17(33-4)13-15(18)3/h7-10,13-14,22,30H,5-6,11-12H2,1-4H3. The summed E-state index contributed by atoms with van der Waals surface area (Å²) in [5, 5.41) is 14.3. The molecule has 0 radical (unpaired) electrons. The Hall–Kier alpha value is -2.54. The Morgan fingerprint density at radius 3 is 2.36 bits per heavy atom. The quantitative estimate of drug-likeness (QED) is 0.350. The molecule has 176 valence electrons. The summed E-state index contributed by atoms with van der Waals surface area (Å²) in [6, 6.07) is 9.12. The molecular formula is C25H28Cl2N2O4. The predicted molar refractivity (Wildman–Crippen MR) is 127 cm³/mol. The highest BCUT2D eigenvalue weighted by molar-refractivity contribution is 6.46. The number of likely N-dealkylation sites (tertiary alicyclic amines) is 1. The average Bonchev–Trinajstić information content (AvgIpc) is 3.06. The van der Waals surface area contributed by atoms with Gasteiger partial charge in [0.15, 0.2) is 0 Å².